The van der Waals surface area contributed by atoms with Gasteiger partial charge in [0.2, 0.25) is 0 Å². The zero-order valence-corrected chi connectivity index (χ0v) is 9.39. The van der Waals surface area contributed by atoms with Crippen LogP contribution in [0, 0.1) is 0 Å². The molecule has 0 saturated carbocycles. The molecule has 1 aromatic carbocycles. The lowest BCUT2D eigenvalue weighted by Gasteiger charge is -2.03. The summed E-state index contributed by atoms with van der Waals surface area (Å²) in [5, 5.41) is 1.26. The molecule has 0 aliphatic carbocycles. The Kier molecular flexibility index (Phi) is 3.08. The van der Waals surface area contributed by atoms with Crippen LogP contribution in [0.5, 0.6) is 5.75 Å². The molecule has 0 aliphatic heterocycles. The Labute approximate surface area is 96.5 Å². The van der Waals surface area contributed by atoms with E-state index in [9.17, 15) is 0 Å². The van der Waals surface area contributed by atoms with Crippen molar-refractivity contribution < 1.29 is 4.74 Å². The summed E-state index contributed by atoms with van der Waals surface area (Å²) in [4.78, 5) is 4.94. The van der Waals surface area contributed by atoms with Crippen LogP contribution < -0.4 is 10.5 Å². The third-order valence-corrected chi connectivity index (χ3v) is 2.82. The van der Waals surface area contributed by atoms with E-state index in [1.807, 2.05) is 12.1 Å². The van der Waals surface area contributed by atoms with Crippen molar-refractivity contribution in [2.45, 2.75) is 6.61 Å². The Morgan fingerprint density at radius 3 is 2.67 bits per heavy atom. The van der Waals surface area contributed by atoms with Crippen molar-refractivity contribution in [3.05, 3.63) is 40.4 Å². The Hall–Kier alpha value is -1.26. The molecule has 0 unspecified atom stereocenters. The Morgan fingerprint density at radius 1 is 1.33 bits per heavy atom. The molecule has 0 spiro atoms. The number of hydrogen-bond acceptors (Lipinski definition) is 4. The first kappa shape index (κ1) is 10.3. The summed E-state index contributed by atoms with van der Waals surface area (Å²) < 4.78 is 5.52. The maximum absolute atomic E-state index is 5.75. The number of rotatable bonds is 3. The van der Waals surface area contributed by atoms with Gasteiger partial charge in [-0.05, 0) is 24.3 Å². The van der Waals surface area contributed by atoms with Crippen LogP contribution in [0.1, 0.15) is 4.88 Å². The summed E-state index contributed by atoms with van der Waals surface area (Å²) in [6, 6.07) is 7.23. The first-order valence-electron chi connectivity index (χ1n) is 4.32. The number of anilines is 1. The minimum Gasteiger partial charge on any atom is -0.488 e. The highest BCUT2D eigenvalue weighted by Crippen LogP contribution is 2.19. The van der Waals surface area contributed by atoms with Gasteiger partial charge in [-0.3, -0.25) is 0 Å². The minimum atomic E-state index is 0.483. The van der Waals surface area contributed by atoms with Crippen LogP contribution in [0.25, 0.3) is 0 Å². The summed E-state index contributed by atoms with van der Waals surface area (Å²) in [7, 11) is 0. The smallest absolute Gasteiger partial charge is 0.180 e. The van der Waals surface area contributed by atoms with E-state index in [-0.39, 0.29) is 0 Å². The molecule has 0 fully saturated rings. The second kappa shape index (κ2) is 4.51. The molecule has 0 aliphatic rings. The largest absolute Gasteiger partial charge is 0.488 e. The van der Waals surface area contributed by atoms with Gasteiger partial charge in [-0.1, -0.05) is 22.9 Å². The number of nitrogens with zero attached hydrogens (tertiary/aromatic N) is 1. The van der Waals surface area contributed by atoms with Gasteiger partial charge in [-0.15, -0.1) is 0 Å². The van der Waals surface area contributed by atoms with Gasteiger partial charge < -0.3 is 10.5 Å². The predicted octanol–water partition coefficient (Wildman–Crippen LogP) is 2.96. The molecular formula is C10H9ClN2OS. The summed E-state index contributed by atoms with van der Waals surface area (Å²) in [6.07, 6.45) is 1.72. The number of hydrogen-bond donors (Lipinski definition) is 1. The van der Waals surface area contributed by atoms with Gasteiger partial charge in [0.15, 0.2) is 5.13 Å². The fourth-order valence-electron chi connectivity index (χ4n) is 1.07. The van der Waals surface area contributed by atoms with E-state index in [1.54, 1.807) is 18.3 Å². The zero-order valence-electron chi connectivity index (χ0n) is 7.81. The quantitative estimate of drug-likeness (QED) is 0.897. The number of aromatic nitrogens is 1. The van der Waals surface area contributed by atoms with Crippen molar-refractivity contribution in [2.24, 2.45) is 0 Å². The Morgan fingerprint density at radius 2 is 2.07 bits per heavy atom. The second-order valence-corrected chi connectivity index (χ2v) is 4.49. The third-order valence-electron chi connectivity index (χ3n) is 1.77. The number of benzene rings is 1. The molecule has 0 saturated heterocycles. The lowest BCUT2D eigenvalue weighted by molar-refractivity contribution is 0.309. The number of thiazole rings is 1. The van der Waals surface area contributed by atoms with E-state index in [0.29, 0.717) is 16.8 Å². The summed E-state index contributed by atoms with van der Waals surface area (Å²) >= 11 is 7.18. The van der Waals surface area contributed by atoms with Gasteiger partial charge in [0.1, 0.15) is 12.4 Å². The maximum Gasteiger partial charge on any atom is 0.180 e. The number of ether oxygens (including phenoxy) is 1. The molecule has 2 rings (SSSR count). The molecule has 5 heteroatoms. The SMILES string of the molecule is Nc1ncc(COc2ccc(Cl)cc2)s1. The molecular weight excluding hydrogens is 232 g/mol. The molecule has 1 aromatic heterocycles. The van der Waals surface area contributed by atoms with Crippen LogP contribution in [0.15, 0.2) is 30.5 Å². The van der Waals surface area contributed by atoms with Gasteiger partial charge >= 0.3 is 0 Å². The predicted molar refractivity (Wildman–Crippen MR) is 62.3 cm³/mol. The lowest BCUT2D eigenvalue weighted by Crippen LogP contribution is -1.92. The van der Waals surface area contributed by atoms with Crippen LogP contribution in [0.2, 0.25) is 5.02 Å². The van der Waals surface area contributed by atoms with Gasteiger partial charge in [0.05, 0.1) is 4.88 Å². The molecule has 0 amide bonds. The van der Waals surface area contributed by atoms with Crippen molar-refractivity contribution in [3.8, 4) is 5.75 Å². The Balaban J connectivity index is 1.96. The van der Waals surface area contributed by atoms with E-state index < -0.39 is 0 Å². The maximum atomic E-state index is 5.75. The van der Waals surface area contributed by atoms with E-state index in [1.165, 1.54) is 11.3 Å². The zero-order chi connectivity index (χ0) is 10.7. The van der Waals surface area contributed by atoms with Crippen molar-refractivity contribution in [1.82, 2.24) is 4.98 Å². The fraction of sp³-hybridized carbons (Fsp3) is 0.100. The minimum absolute atomic E-state index is 0.483. The molecule has 78 valence electrons. The van der Waals surface area contributed by atoms with Crippen molar-refractivity contribution >= 4 is 28.1 Å². The molecule has 0 radical (unpaired) electrons. The second-order valence-electron chi connectivity index (χ2n) is 2.91. The van der Waals surface area contributed by atoms with Gasteiger partial charge in [0, 0.05) is 11.2 Å². The average Bonchev–Trinajstić information content (AvgIpc) is 2.64. The first-order chi connectivity index (χ1) is 7.24. The van der Waals surface area contributed by atoms with Gasteiger partial charge in [-0.2, -0.15) is 0 Å². The molecule has 1 heterocycles. The van der Waals surface area contributed by atoms with Crippen molar-refractivity contribution in [3.63, 3.8) is 0 Å². The van der Waals surface area contributed by atoms with Crippen LogP contribution in [0.3, 0.4) is 0 Å². The topological polar surface area (TPSA) is 48.1 Å². The first-order valence-corrected chi connectivity index (χ1v) is 5.52. The van der Waals surface area contributed by atoms with Gasteiger partial charge in [0.25, 0.3) is 0 Å². The van der Waals surface area contributed by atoms with Crippen molar-refractivity contribution in [1.29, 1.82) is 0 Å². The van der Waals surface area contributed by atoms with Crippen LogP contribution in [0.4, 0.5) is 5.13 Å². The highest BCUT2D eigenvalue weighted by atomic mass is 35.5. The Bertz CT molecular complexity index is 441. The number of halogens is 1. The molecule has 2 N–H and O–H groups in total. The molecule has 15 heavy (non-hydrogen) atoms. The van der Waals surface area contributed by atoms with E-state index >= 15 is 0 Å². The fourth-order valence-corrected chi connectivity index (χ4v) is 1.80. The van der Waals surface area contributed by atoms with Crippen molar-refractivity contribution in [2.75, 3.05) is 5.73 Å². The highest BCUT2D eigenvalue weighted by molar-refractivity contribution is 7.15. The van der Waals surface area contributed by atoms with Gasteiger partial charge in [-0.25, -0.2) is 4.98 Å². The summed E-state index contributed by atoms with van der Waals surface area (Å²) in [5.74, 6) is 0.784. The summed E-state index contributed by atoms with van der Waals surface area (Å²) in [5.41, 5.74) is 5.50. The van der Waals surface area contributed by atoms with E-state index in [2.05, 4.69) is 4.98 Å². The molecule has 3 nitrogen and oxygen atoms in total. The van der Waals surface area contributed by atoms with E-state index in [4.69, 9.17) is 22.1 Å². The van der Waals surface area contributed by atoms with Crippen LogP contribution >= 0.6 is 22.9 Å². The molecule has 0 atom stereocenters. The standard InChI is InChI=1S/C10H9ClN2OS/c11-7-1-3-8(4-2-7)14-6-9-5-13-10(12)15-9/h1-5H,6H2,(H2,12,13). The average molecular weight is 241 g/mol. The number of nitrogens with two attached hydrogens (primary N) is 1. The van der Waals surface area contributed by atoms with E-state index in [0.717, 1.165) is 10.6 Å². The number of nitrogen functional groups attached to an aromatic ring is 1. The molecule has 2 aromatic rings. The third kappa shape index (κ3) is 2.84. The molecule has 0 bridgehead atoms. The van der Waals surface area contributed by atoms with Crippen LogP contribution in [-0.2, 0) is 6.61 Å². The highest BCUT2D eigenvalue weighted by Gasteiger charge is 1.99. The van der Waals surface area contributed by atoms with Crippen LogP contribution in [-0.4, -0.2) is 4.98 Å². The normalized spacial score (nSPS) is 10.2. The summed E-state index contributed by atoms with van der Waals surface area (Å²) in [6.45, 7) is 0.483. The monoisotopic (exact) mass is 240 g/mol. The lowest BCUT2D eigenvalue weighted by atomic mass is 10.3.